The van der Waals surface area contributed by atoms with Crippen LogP contribution in [-0.4, -0.2) is 34.7 Å². The van der Waals surface area contributed by atoms with Crippen LogP contribution in [0.15, 0.2) is 22.6 Å². The molecule has 0 saturated carbocycles. The number of carbonyl (C=O) groups is 1. The fourth-order valence-corrected chi connectivity index (χ4v) is 2.95. The Labute approximate surface area is 140 Å². The molecule has 0 bridgehead atoms. The van der Waals surface area contributed by atoms with Gasteiger partial charge in [-0.05, 0) is 45.7 Å². The zero-order valence-corrected chi connectivity index (χ0v) is 14.4. The predicted molar refractivity (Wildman–Crippen MR) is 88.8 cm³/mol. The smallest absolute Gasteiger partial charge is 0.410 e. The first-order valence-corrected chi connectivity index (χ1v) is 8.23. The number of halogens is 1. The van der Waals surface area contributed by atoms with E-state index in [0.717, 1.165) is 29.7 Å². The molecule has 2 aromatic rings. The van der Waals surface area contributed by atoms with Gasteiger partial charge < -0.3 is 14.1 Å². The highest BCUT2D eigenvalue weighted by Crippen LogP contribution is 2.32. The highest BCUT2D eigenvalue weighted by atomic mass is 35.5. The zero-order valence-electron chi connectivity index (χ0n) is 13.6. The Bertz CT molecular complexity index is 712. The van der Waals surface area contributed by atoms with E-state index in [1.54, 1.807) is 11.0 Å². The number of furan rings is 1. The summed E-state index contributed by atoms with van der Waals surface area (Å²) in [5.41, 5.74) is 1.07. The largest absolute Gasteiger partial charge is 0.459 e. The van der Waals surface area contributed by atoms with Gasteiger partial charge in [0.05, 0.1) is 0 Å². The maximum atomic E-state index is 12.1. The lowest BCUT2D eigenvalue weighted by molar-refractivity contribution is 0.0200. The second-order valence-electron chi connectivity index (χ2n) is 6.91. The van der Waals surface area contributed by atoms with Gasteiger partial charge >= 0.3 is 6.09 Å². The van der Waals surface area contributed by atoms with Crippen LogP contribution in [0.25, 0.3) is 11.1 Å². The summed E-state index contributed by atoms with van der Waals surface area (Å²) in [4.78, 5) is 18.1. The van der Waals surface area contributed by atoms with Crippen LogP contribution in [0.3, 0.4) is 0 Å². The van der Waals surface area contributed by atoms with E-state index in [-0.39, 0.29) is 6.09 Å². The number of carbonyl (C=O) groups excluding carboxylic acids is 1. The number of rotatable bonds is 1. The zero-order chi connectivity index (χ0) is 16.6. The van der Waals surface area contributed by atoms with Gasteiger partial charge in [0.25, 0.3) is 0 Å². The van der Waals surface area contributed by atoms with Gasteiger partial charge in [-0.1, -0.05) is 11.6 Å². The first-order chi connectivity index (χ1) is 10.8. The molecule has 0 unspecified atom stereocenters. The van der Waals surface area contributed by atoms with E-state index in [0.29, 0.717) is 24.2 Å². The maximum Gasteiger partial charge on any atom is 0.410 e. The van der Waals surface area contributed by atoms with Gasteiger partial charge in [-0.3, -0.25) is 0 Å². The molecule has 0 N–H and O–H groups in total. The van der Waals surface area contributed by atoms with Crippen LogP contribution in [0.1, 0.15) is 45.3 Å². The van der Waals surface area contributed by atoms with E-state index < -0.39 is 5.60 Å². The number of aromatic nitrogens is 1. The molecule has 0 spiro atoms. The number of nitrogens with zero attached hydrogens (tertiary/aromatic N) is 2. The van der Waals surface area contributed by atoms with E-state index in [4.69, 9.17) is 20.8 Å². The molecule has 0 aromatic carbocycles. The van der Waals surface area contributed by atoms with Crippen molar-refractivity contribution in [3.63, 3.8) is 0 Å². The number of amides is 1. The molecule has 23 heavy (non-hydrogen) atoms. The summed E-state index contributed by atoms with van der Waals surface area (Å²) in [5.74, 6) is 1.21. The van der Waals surface area contributed by atoms with Crippen molar-refractivity contribution in [1.29, 1.82) is 0 Å². The third-order valence-corrected chi connectivity index (χ3v) is 4.12. The molecule has 5 nitrogen and oxygen atoms in total. The Morgan fingerprint density at radius 1 is 1.35 bits per heavy atom. The molecule has 0 atom stereocenters. The van der Waals surface area contributed by atoms with E-state index in [9.17, 15) is 4.79 Å². The summed E-state index contributed by atoms with van der Waals surface area (Å²) >= 11 is 5.91. The van der Waals surface area contributed by atoms with Crippen LogP contribution >= 0.6 is 11.6 Å². The van der Waals surface area contributed by atoms with Crippen LogP contribution in [0.4, 0.5) is 4.79 Å². The summed E-state index contributed by atoms with van der Waals surface area (Å²) in [6.45, 7) is 6.98. The highest BCUT2D eigenvalue weighted by molar-refractivity contribution is 6.29. The van der Waals surface area contributed by atoms with Gasteiger partial charge in [-0.15, -0.1) is 0 Å². The molecule has 1 saturated heterocycles. The van der Waals surface area contributed by atoms with E-state index in [2.05, 4.69) is 4.98 Å². The van der Waals surface area contributed by atoms with Crippen molar-refractivity contribution in [1.82, 2.24) is 9.88 Å². The first-order valence-electron chi connectivity index (χ1n) is 7.86. The van der Waals surface area contributed by atoms with Crippen molar-refractivity contribution in [2.45, 2.75) is 45.1 Å². The fourth-order valence-electron chi connectivity index (χ4n) is 2.79. The van der Waals surface area contributed by atoms with E-state index in [1.807, 2.05) is 32.9 Å². The predicted octanol–water partition coefficient (Wildman–Crippen LogP) is 4.60. The Morgan fingerprint density at radius 2 is 2.04 bits per heavy atom. The fraction of sp³-hybridized carbons (Fsp3) is 0.529. The molecule has 124 valence electrons. The van der Waals surface area contributed by atoms with Gasteiger partial charge in [0, 0.05) is 25.1 Å². The lowest BCUT2D eigenvalue weighted by Crippen LogP contribution is -2.41. The molecule has 3 rings (SSSR count). The van der Waals surface area contributed by atoms with E-state index >= 15 is 0 Å². The Hall–Kier alpha value is -1.75. The molecular formula is C17H21ClN2O3. The minimum atomic E-state index is -0.461. The molecule has 6 heteroatoms. The number of ether oxygens (including phenoxy) is 1. The average molecular weight is 337 g/mol. The van der Waals surface area contributed by atoms with Crippen molar-refractivity contribution >= 4 is 28.8 Å². The minimum absolute atomic E-state index is 0.242. The van der Waals surface area contributed by atoms with Crippen molar-refractivity contribution in [2.24, 2.45) is 0 Å². The van der Waals surface area contributed by atoms with Gasteiger partial charge in [-0.25, -0.2) is 9.78 Å². The second kappa shape index (κ2) is 6.04. The molecule has 1 aliphatic rings. The Kier molecular flexibility index (Phi) is 4.23. The summed E-state index contributed by atoms with van der Waals surface area (Å²) in [6.07, 6.45) is 1.47. The molecule has 1 aliphatic heterocycles. The average Bonchev–Trinajstić information content (AvgIpc) is 2.88. The lowest BCUT2D eigenvalue weighted by Gasteiger charge is -2.32. The molecule has 1 fully saturated rings. The van der Waals surface area contributed by atoms with Crippen molar-refractivity contribution < 1.29 is 13.9 Å². The third-order valence-electron chi connectivity index (χ3n) is 3.91. The monoisotopic (exact) mass is 336 g/mol. The second-order valence-corrected chi connectivity index (χ2v) is 7.30. The Morgan fingerprint density at radius 3 is 2.70 bits per heavy atom. The number of hydrogen-bond donors (Lipinski definition) is 0. The maximum absolute atomic E-state index is 12.1. The molecule has 2 aromatic heterocycles. The summed E-state index contributed by atoms with van der Waals surface area (Å²) < 4.78 is 11.3. The molecule has 3 heterocycles. The summed E-state index contributed by atoms with van der Waals surface area (Å²) in [5, 5.41) is 0.463. The van der Waals surface area contributed by atoms with Crippen LogP contribution in [0.2, 0.25) is 5.15 Å². The summed E-state index contributed by atoms with van der Waals surface area (Å²) in [7, 11) is 0. The molecule has 0 radical (unpaired) electrons. The van der Waals surface area contributed by atoms with Crippen molar-refractivity contribution in [3.05, 3.63) is 29.1 Å². The van der Waals surface area contributed by atoms with Crippen molar-refractivity contribution in [2.75, 3.05) is 13.1 Å². The van der Waals surface area contributed by atoms with Crippen LogP contribution in [0.5, 0.6) is 0 Å². The van der Waals surface area contributed by atoms with Crippen LogP contribution in [0, 0.1) is 0 Å². The number of piperidine rings is 1. The molecular weight excluding hydrogens is 316 g/mol. The molecule has 0 aliphatic carbocycles. The Balaban J connectivity index is 1.65. The van der Waals surface area contributed by atoms with Gasteiger partial charge in [0.15, 0.2) is 5.58 Å². The van der Waals surface area contributed by atoms with Gasteiger partial charge in [0.2, 0.25) is 0 Å². The summed E-state index contributed by atoms with van der Waals surface area (Å²) in [6, 6.07) is 5.52. The van der Waals surface area contributed by atoms with Crippen LogP contribution in [-0.2, 0) is 4.74 Å². The highest BCUT2D eigenvalue weighted by Gasteiger charge is 2.29. The SMILES string of the molecule is CC(C)(C)OC(=O)N1CCC(c2cc3nc(Cl)ccc3o2)CC1. The van der Waals surface area contributed by atoms with Gasteiger partial charge in [0.1, 0.15) is 22.0 Å². The van der Waals surface area contributed by atoms with Crippen LogP contribution < -0.4 is 0 Å². The topological polar surface area (TPSA) is 55.6 Å². The molecule has 1 amide bonds. The quantitative estimate of drug-likeness (QED) is 0.714. The standard InChI is InChI=1S/C17H21ClN2O3/c1-17(2,3)23-16(21)20-8-6-11(7-9-20)14-10-12-13(22-14)4-5-15(18)19-12/h4-5,10-11H,6-9H2,1-3H3. The number of pyridine rings is 1. The van der Waals surface area contributed by atoms with Gasteiger partial charge in [-0.2, -0.15) is 0 Å². The lowest BCUT2D eigenvalue weighted by atomic mass is 9.94. The first kappa shape index (κ1) is 16.1. The number of fused-ring (bicyclic) bond motifs is 1. The number of likely N-dealkylation sites (tertiary alicyclic amines) is 1. The van der Waals surface area contributed by atoms with E-state index in [1.165, 1.54) is 0 Å². The minimum Gasteiger partial charge on any atom is -0.459 e. The van der Waals surface area contributed by atoms with Crippen molar-refractivity contribution in [3.8, 4) is 0 Å². The normalized spacial score (nSPS) is 16.8. The number of hydrogen-bond acceptors (Lipinski definition) is 4. The third kappa shape index (κ3) is 3.78.